The molecular weight excluding hydrogens is 316 g/mol. The Morgan fingerprint density at radius 2 is 1.96 bits per heavy atom. The zero-order valence-electron chi connectivity index (χ0n) is 16.3. The number of carbonyl (C=O) groups excluding carboxylic acids is 2. The molecule has 0 unspecified atom stereocenters. The van der Waals surface area contributed by atoms with Gasteiger partial charge in [0.2, 0.25) is 5.60 Å². The zero-order valence-corrected chi connectivity index (χ0v) is 16.3. The molecule has 138 valence electrons. The monoisotopic (exact) mass is 346 g/mol. The molecule has 0 aromatic carbocycles. The van der Waals surface area contributed by atoms with E-state index in [0.29, 0.717) is 12.8 Å². The molecule has 1 aliphatic carbocycles. The SMILES string of the molecule is CCC(CC)=C1C=C[C@@H]2[C@H]1[C@@]1(C)CCC(=O)[C@]2(C(=O)OC(C)(C)C)O1. The predicted octanol–water partition coefficient (Wildman–Crippen LogP) is 4.14. The van der Waals surface area contributed by atoms with E-state index in [2.05, 4.69) is 26.8 Å². The first-order valence-electron chi connectivity index (χ1n) is 9.46. The van der Waals surface area contributed by atoms with Gasteiger partial charge in [-0.15, -0.1) is 0 Å². The fourth-order valence-corrected chi connectivity index (χ4v) is 4.83. The third-order valence-electron chi connectivity index (χ3n) is 5.93. The number of carbonyl (C=O) groups is 2. The minimum absolute atomic E-state index is 0.0568. The summed E-state index contributed by atoms with van der Waals surface area (Å²) in [5, 5.41) is 0. The Morgan fingerprint density at radius 3 is 2.52 bits per heavy atom. The normalized spacial score (nSPS) is 36.6. The lowest BCUT2D eigenvalue weighted by molar-refractivity contribution is -0.201. The Morgan fingerprint density at radius 1 is 1.32 bits per heavy atom. The summed E-state index contributed by atoms with van der Waals surface area (Å²) in [6.45, 7) is 11.8. The molecule has 0 N–H and O–H groups in total. The minimum atomic E-state index is -1.48. The highest BCUT2D eigenvalue weighted by atomic mass is 16.6. The molecule has 0 saturated carbocycles. The second-order valence-corrected chi connectivity index (χ2v) is 8.70. The van der Waals surface area contributed by atoms with Gasteiger partial charge in [-0.1, -0.05) is 31.6 Å². The molecule has 4 nitrogen and oxygen atoms in total. The number of hydrogen-bond donors (Lipinski definition) is 0. The van der Waals surface area contributed by atoms with Crippen LogP contribution in [0.1, 0.15) is 67.2 Å². The standard InChI is InChI=1S/C21H30O4/c1-7-13(8-2)14-9-10-15-17(14)20(6)12-11-16(22)21(15,25-20)18(23)24-19(3,4)5/h9-10,15,17H,7-8,11-12H2,1-6H3/t15-,17+,20-,21-/m1/s1. The maximum Gasteiger partial charge on any atom is 0.347 e. The van der Waals surface area contributed by atoms with Crippen LogP contribution in [0.25, 0.3) is 0 Å². The number of fused-ring (bicyclic) bond motifs is 5. The third kappa shape index (κ3) is 2.61. The van der Waals surface area contributed by atoms with Crippen LogP contribution in [0.15, 0.2) is 23.3 Å². The van der Waals surface area contributed by atoms with Crippen molar-refractivity contribution in [2.75, 3.05) is 0 Å². The molecule has 0 amide bonds. The van der Waals surface area contributed by atoms with Crippen LogP contribution in [0, 0.1) is 11.8 Å². The summed E-state index contributed by atoms with van der Waals surface area (Å²) in [6, 6.07) is 0. The predicted molar refractivity (Wildman–Crippen MR) is 96.0 cm³/mol. The van der Waals surface area contributed by atoms with Gasteiger partial charge in [-0.2, -0.15) is 0 Å². The molecule has 3 rings (SSSR count). The maximum atomic E-state index is 13.1. The van der Waals surface area contributed by atoms with Crippen molar-refractivity contribution >= 4 is 11.8 Å². The smallest absolute Gasteiger partial charge is 0.347 e. The van der Waals surface area contributed by atoms with E-state index in [1.165, 1.54) is 11.1 Å². The number of hydrogen-bond acceptors (Lipinski definition) is 4. The van der Waals surface area contributed by atoms with E-state index in [1.54, 1.807) is 0 Å². The fourth-order valence-electron chi connectivity index (χ4n) is 4.83. The van der Waals surface area contributed by atoms with Crippen molar-refractivity contribution < 1.29 is 19.1 Å². The lowest BCUT2D eigenvalue weighted by Gasteiger charge is -2.38. The van der Waals surface area contributed by atoms with Crippen molar-refractivity contribution in [3.8, 4) is 0 Å². The van der Waals surface area contributed by atoms with Crippen LogP contribution in [0.2, 0.25) is 0 Å². The Bertz CT molecular complexity index is 660. The lowest BCUT2D eigenvalue weighted by Crippen LogP contribution is -2.56. The van der Waals surface area contributed by atoms with Gasteiger partial charge in [-0.25, -0.2) is 4.79 Å². The van der Waals surface area contributed by atoms with Crippen LogP contribution in [0.3, 0.4) is 0 Å². The van der Waals surface area contributed by atoms with E-state index in [4.69, 9.17) is 9.47 Å². The van der Waals surface area contributed by atoms with Gasteiger partial charge >= 0.3 is 5.97 Å². The van der Waals surface area contributed by atoms with Crippen molar-refractivity contribution in [3.05, 3.63) is 23.3 Å². The number of Topliss-reactive ketones (excluding diaryl/α,β-unsaturated/α-hetero) is 1. The Balaban J connectivity index is 2.10. The molecule has 2 aliphatic heterocycles. The Hall–Kier alpha value is -1.42. The number of ketones is 1. The summed E-state index contributed by atoms with van der Waals surface area (Å²) in [5.41, 5.74) is 0.0191. The summed E-state index contributed by atoms with van der Waals surface area (Å²) in [4.78, 5) is 26.0. The van der Waals surface area contributed by atoms with Crippen LogP contribution < -0.4 is 0 Å². The van der Waals surface area contributed by atoms with E-state index in [-0.39, 0.29) is 17.6 Å². The van der Waals surface area contributed by atoms with Crippen LogP contribution in [0.5, 0.6) is 0 Å². The molecule has 0 aromatic rings. The van der Waals surface area contributed by atoms with E-state index in [1.807, 2.05) is 26.8 Å². The average molecular weight is 346 g/mol. The first kappa shape index (κ1) is 18.4. The highest BCUT2D eigenvalue weighted by Crippen LogP contribution is 2.60. The first-order valence-corrected chi connectivity index (χ1v) is 9.46. The average Bonchev–Trinajstić information content (AvgIpc) is 3.03. The lowest BCUT2D eigenvalue weighted by atomic mass is 9.75. The quantitative estimate of drug-likeness (QED) is 0.569. The minimum Gasteiger partial charge on any atom is -0.457 e. The fraction of sp³-hybridized carbons (Fsp3) is 0.714. The van der Waals surface area contributed by atoms with Gasteiger partial charge < -0.3 is 9.47 Å². The summed E-state index contributed by atoms with van der Waals surface area (Å²) >= 11 is 0. The highest BCUT2D eigenvalue weighted by Gasteiger charge is 2.71. The van der Waals surface area contributed by atoms with Crippen LogP contribution in [-0.2, 0) is 19.1 Å². The van der Waals surface area contributed by atoms with Crippen molar-refractivity contribution in [2.45, 2.75) is 84.0 Å². The summed E-state index contributed by atoms with van der Waals surface area (Å²) in [6.07, 6.45) is 7.12. The summed E-state index contributed by atoms with van der Waals surface area (Å²) in [7, 11) is 0. The molecule has 3 aliphatic rings. The van der Waals surface area contributed by atoms with Gasteiger partial charge in [-0.3, -0.25) is 4.79 Å². The molecule has 25 heavy (non-hydrogen) atoms. The highest BCUT2D eigenvalue weighted by molar-refractivity contribution is 6.09. The van der Waals surface area contributed by atoms with Gasteiger partial charge in [0.25, 0.3) is 0 Å². The topological polar surface area (TPSA) is 52.6 Å². The first-order chi connectivity index (χ1) is 11.6. The number of rotatable bonds is 3. The summed E-state index contributed by atoms with van der Waals surface area (Å²) < 4.78 is 12.0. The van der Waals surface area contributed by atoms with Gasteiger partial charge in [0.05, 0.1) is 5.60 Å². The molecule has 4 atom stereocenters. The molecular formula is C21H30O4. The second-order valence-electron chi connectivity index (χ2n) is 8.70. The maximum absolute atomic E-state index is 13.1. The van der Waals surface area contributed by atoms with Gasteiger partial charge in [0.1, 0.15) is 5.60 Å². The summed E-state index contributed by atoms with van der Waals surface area (Å²) in [5.74, 6) is -0.858. The van der Waals surface area contributed by atoms with Crippen LogP contribution in [-0.4, -0.2) is 28.6 Å². The van der Waals surface area contributed by atoms with Crippen molar-refractivity contribution in [3.63, 3.8) is 0 Å². The third-order valence-corrected chi connectivity index (χ3v) is 5.93. The van der Waals surface area contributed by atoms with E-state index in [9.17, 15) is 9.59 Å². The zero-order chi connectivity index (χ0) is 18.6. The van der Waals surface area contributed by atoms with E-state index >= 15 is 0 Å². The largest absolute Gasteiger partial charge is 0.457 e. The molecule has 2 heterocycles. The number of ether oxygens (including phenoxy) is 2. The Kier molecular flexibility index (Phi) is 4.26. The van der Waals surface area contributed by atoms with Gasteiger partial charge in [0, 0.05) is 18.3 Å². The van der Waals surface area contributed by atoms with Gasteiger partial charge in [-0.05, 0) is 52.5 Å². The Labute approximate surface area is 150 Å². The van der Waals surface area contributed by atoms with E-state index in [0.717, 1.165) is 12.8 Å². The molecule has 4 heteroatoms. The van der Waals surface area contributed by atoms with Gasteiger partial charge in [0.15, 0.2) is 5.78 Å². The van der Waals surface area contributed by atoms with E-state index < -0.39 is 22.8 Å². The van der Waals surface area contributed by atoms with Crippen molar-refractivity contribution in [2.24, 2.45) is 11.8 Å². The van der Waals surface area contributed by atoms with Crippen LogP contribution >= 0.6 is 0 Å². The van der Waals surface area contributed by atoms with Crippen molar-refractivity contribution in [1.29, 1.82) is 0 Å². The molecule has 0 spiro atoms. The molecule has 0 radical (unpaired) electrons. The van der Waals surface area contributed by atoms with Crippen LogP contribution in [0.4, 0.5) is 0 Å². The molecule has 2 saturated heterocycles. The number of allylic oxidation sites excluding steroid dienone is 2. The number of esters is 1. The van der Waals surface area contributed by atoms with Crippen molar-refractivity contribution in [1.82, 2.24) is 0 Å². The second kappa shape index (κ2) is 5.80. The molecule has 0 aromatic heterocycles. The molecule has 2 bridgehead atoms. The molecule has 2 fully saturated rings.